The van der Waals surface area contributed by atoms with Crippen molar-refractivity contribution in [3.05, 3.63) is 66.2 Å². The van der Waals surface area contributed by atoms with Crippen molar-refractivity contribution in [2.45, 2.75) is 4.90 Å². The van der Waals surface area contributed by atoms with Crippen LogP contribution < -0.4 is 10.1 Å². The molecule has 1 N–H and O–H groups in total. The average molecular weight is 442 g/mol. The Bertz CT molecular complexity index is 1230. The zero-order valence-electron chi connectivity index (χ0n) is 17.3. The van der Waals surface area contributed by atoms with Gasteiger partial charge in [0.2, 0.25) is 10.0 Å². The molecule has 162 valence electrons. The van der Waals surface area contributed by atoms with Gasteiger partial charge in [0.25, 0.3) is 5.91 Å². The molecule has 3 rings (SSSR count). The number of carbonyl (C=O) groups excluding carboxylic acids is 2. The number of sulfonamides is 1. The molecular weight excluding hydrogens is 420 g/mol. The van der Waals surface area contributed by atoms with Crippen LogP contribution in [-0.4, -0.2) is 52.4 Å². The molecule has 0 spiro atoms. The summed E-state index contributed by atoms with van der Waals surface area (Å²) in [4.78, 5) is 24.8. The predicted octanol–water partition coefficient (Wildman–Crippen LogP) is 2.89. The lowest BCUT2D eigenvalue weighted by Gasteiger charge is -2.15. The molecule has 9 heteroatoms. The molecule has 0 aliphatic rings. The van der Waals surface area contributed by atoms with E-state index in [-0.39, 0.29) is 16.3 Å². The van der Waals surface area contributed by atoms with Crippen LogP contribution in [0.1, 0.15) is 10.4 Å². The summed E-state index contributed by atoms with van der Waals surface area (Å²) in [7, 11) is 0.507. The number of fused-ring (bicyclic) bond motifs is 1. The van der Waals surface area contributed by atoms with Crippen molar-refractivity contribution in [3.63, 3.8) is 0 Å². The Morgan fingerprint density at radius 3 is 2.42 bits per heavy atom. The number of hydrogen-bond acceptors (Lipinski definition) is 6. The molecule has 1 amide bonds. The zero-order valence-corrected chi connectivity index (χ0v) is 18.1. The molecule has 0 fully saturated rings. The molecule has 0 radical (unpaired) electrons. The maximum absolute atomic E-state index is 12.5. The second-order valence-electron chi connectivity index (χ2n) is 6.80. The van der Waals surface area contributed by atoms with Crippen molar-refractivity contribution >= 4 is 38.4 Å². The lowest BCUT2D eigenvalue weighted by molar-refractivity contribution is -0.119. The summed E-state index contributed by atoms with van der Waals surface area (Å²) in [6, 6.07) is 16.7. The Hall–Kier alpha value is -3.43. The lowest BCUT2D eigenvalue weighted by atomic mass is 10.1. The monoisotopic (exact) mass is 442 g/mol. The molecule has 0 saturated carbocycles. The summed E-state index contributed by atoms with van der Waals surface area (Å²) in [5.41, 5.74) is 0.499. The van der Waals surface area contributed by atoms with Crippen LogP contribution >= 0.6 is 0 Å². The molecule has 8 nitrogen and oxygen atoms in total. The van der Waals surface area contributed by atoms with Crippen LogP contribution in [0, 0.1) is 0 Å². The highest BCUT2D eigenvalue weighted by molar-refractivity contribution is 7.89. The highest BCUT2D eigenvalue weighted by Gasteiger charge is 2.20. The molecule has 31 heavy (non-hydrogen) atoms. The van der Waals surface area contributed by atoms with Crippen molar-refractivity contribution in [3.8, 4) is 5.75 Å². The molecule has 0 atom stereocenters. The first-order valence-electron chi connectivity index (χ1n) is 9.29. The van der Waals surface area contributed by atoms with Crippen LogP contribution in [0.25, 0.3) is 10.8 Å². The van der Waals surface area contributed by atoms with Gasteiger partial charge in [0.15, 0.2) is 6.61 Å². The van der Waals surface area contributed by atoms with Crippen LogP contribution in [0.5, 0.6) is 5.75 Å². The minimum Gasteiger partial charge on any atom is -0.495 e. The summed E-state index contributed by atoms with van der Waals surface area (Å²) in [5.74, 6) is -0.999. The number of ether oxygens (including phenoxy) is 2. The number of amides is 1. The Morgan fingerprint density at radius 2 is 1.71 bits per heavy atom. The third kappa shape index (κ3) is 4.84. The normalized spacial score (nSPS) is 11.4. The van der Waals surface area contributed by atoms with Gasteiger partial charge in [-0.3, -0.25) is 4.79 Å². The Kier molecular flexibility index (Phi) is 6.57. The van der Waals surface area contributed by atoms with Gasteiger partial charge in [-0.1, -0.05) is 36.4 Å². The van der Waals surface area contributed by atoms with E-state index in [0.29, 0.717) is 5.56 Å². The van der Waals surface area contributed by atoms with Gasteiger partial charge in [-0.25, -0.2) is 17.5 Å². The third-order valence-electron chi connectivity index (χ3n) is 4.57. The third-order valence-corrected chi connectivity index (χ3v) is 6.38. The molecule has 0 aliphatic carbocycles. The number of nitrogens with one attached hydrogen (secondary N) is 1. The Labute approximate surface area is 180 Å². The average Bonchev–Trinajstić information content (AvgIpc) is 2.76. The van der Waals surface area contributed by atoms with Gasteiger partial charge < -0.3 is 14.8 Å². The van der Waals surface area contributed by atoms with E-state index in [4.69, 9.17) is 9.47 Å². The molecule has 3 aromatic rings. The second kappa shape index (κ2) is 9.15. The van der Waals surface area contributed by atoms with E-state index in [2.05, 4.69) is 5.32 Å². The number of esters is 1. The summed E-state index contributed by atoms with van der Waals surface area (Å²) >= 11 is 0. The highest BCUT2D eigenvalue weighted by Crippen LogP contribution is 2.28. The number of nitrogens with zero attached hydrogens (tertiary/aromatic N) is 1. The quantitative estimate of drug-likeness (QED) is 0.565. The summed E-state index contributed by atoms with van der Waals surface area (Å²) in [6.45, 7) is -0.546. The molecule has 0 saturated heterocycles. The van der Waals surface area contributed by atoms with Gasteiger partial charge in [0.1, 0.15) is 5.75 Å². The fourth-order valence-electron chi connectivity index (χ4n) is 2.95. The topological polar surface area (TPSA) is 102 Å². The number of rotatable bonds is 7. The van der Waals surface area contributed by atoms with Crippen LogP contribution in [0.15, 0.2) is 65.6 Å². The smallest absolute Gasteiger partial charge is 0.339 e. The van der Waals surface area contributed by atoms with Gasteiger partial charge in [-0.2, -0.15) is 0 Å². The van der Waals surface area contributed by atoms with Gasteiger partial charge in [0, 0.05) is 14.1 Å². The molecular formula is C22H22N2O6S. The van der Waals surface area contributed by atoms with Gasteiger partial charge in [0.05, 0.1) is 23.3 Å². The van der Waals surface area contributed by atoms with Crippen molar-refractivity contribution in [2.75, 3.05) is 33.1 Å². The van der Waals surface area contributed by atoms with Gasteiger partial charge in [-0.05, 0) is 35.0 Å². The first-order chi connectivity index (χ1) is 14.7. The fraction of sp³-hybridized carbons (Fsp3) is 0.182. The Balaban J connectivity index is 1.74. The Morgan fingerprint density at radius 1 is 1.00 bits per heavy atom. The van der Waals surface area contributed by atoms with Gasteiger partial charge >= 0.3 is 5.97 Å². The molecule has 0 unspecified atom stereocenters. The lowest BCUT2D eigenvalue weighted by Crippen LogP contribution is -2.23. The fourth-order valence-corrected chi connectivity index (χ4v) is 3.88. The second-order valence-corrected chi connectivity index (χ2v) is 8.95. The number of hydrogen-bond donors (Lipinski definition) is 1. The number of methoxy groups -OCH3 is 1. The molecule has 0 bridgehead atoms. The van der Waals surface area contributed by atoms with Crippen LogP contribution in [0.3, 0.4) is 0 Å². The minimum absolute atomic E-state index is 0.0126. The van der Waals surface area contributed by atoms with Crippen molar-refractivity contribution < 1.29 is 27.5 Å². The molecule has 0 aromatic heterocycles. The van der Waals surface area contributed by atoms with E-state index in [1.807, 2.05) is 24.3 Å². The maximum Gasteiger partial charge on any atom is 0.339 e. The summed E-state index contributed by atoms with van der Waals surface area (Å²) < 4.78 is 36.1. The van der Waals surface area contributed by atoms with Crippen molar-refractivity contribution in [1.82, 2.24) is 4.31 Å². The standard InChI is InChI=1S/C22H22N2O6S/c1-24(2)31(27,28)16-11-12-20(29-3)19(13-16)23-21(25)14-30-22(26)18-10-6-8-15-7-4-5-9-17(15)18/h4-13H,14H2,1-3H3,(H,23,25). The van der Waals surface area contributed by atoms with E-state index in [1.165, 1.54) is 39.4 Å². The highest BCUT2D eigenvalue weighted by atomic mass is 32.2. The predicted molar refractivity (Wildman–Crippen MR) is 117 cm³/mol. The number of carbonyl (C=O) groups is 2. The van der Waals surface area contributed by atoms with Crippen LogP contribution in [0.2, 0.25) is 0 Å². The molecule has 0 aliphatic heterocycles. The minimum atomic E-state index is -3.70. The number of benzene rings is 3. The maximum atomic E-state index is 12.5. The zero-order chi connectivity index (χ0) is 22.6. The first kappa shape index (κ1) is 22.3. The largest absolute Gasteiger partial charge is 0.495 e. The van der Waals surface area contributed by atoms with E-state index in [0.717, 1.165) is 15.1 Å². The van der Waals surface area contributed by atoms with Crippen molar-refractivity contribution in [2.24, 2.45) is 0 Å². The van der Waals surface area contributed by atoms with Gasteiger partial charge in [-0.15, -0.1) is 0 Å². The van der Waals surface area contributed by atoms with Crippen molar-refractivity contribution in [1.29, 1.82) is 0 Å². The van der Waals surface area contributed by atoms with E-state index in [9.17, 15) is 18.0 Å². The van der Waals surface area contributed by atoms with Crippen LogP contribution in [-0.2, 0) is 19.6 Å². The first-order valence-corrected chi connectivity index (χ1v) is 10.7. The van der Waals surface area contributed by atoms with E-state index < -0.39 is 28.5 Å². The van der Waals surface area contributed by atoms with E-state index in [1.54, 1.807) is 18.2 Å². The SMILES string of the molecule is COc1ccc(S(=O)(=O)N(C)C)cc1NC(=O)COC(=O)c1cccc2ccccc12. The summed E-state index contributed by atoms with van der Waals surface area (Å²) in [5, 5.41) is 4.13. The van der Waals surface area contributed by atoms with Crippen LogP contribution in [0.4, 0.5) is 5.69 Å². The molecule has 0 heterocycles. The van der Waals surface area contributed by atoms with E-state index >= 15 is 0 Å². The summed E-state index contributed by atoms with van der Waals surface area (Å²) in [6.07, 6.45) is 0. The number of anilines is 1. The molecule has 3 aromatic carbocycles.